The van der Waals surface area contributed by atoms with Crippen LogP contribution >= 0.6 is 0 Å². The van der Waals surface area contributed by atoms with Gasteiger partial charge in [0, 0.05) is 19.6 Å². The van der Waals surface area contributed by atoms with Gasteiger partial charge in [0.2, 0.25) is 5.95 Å². The normalized spacial score (nSPS) is 23.7. The summed E-state index contributed by atoms with van der Waals surface area (Å²) in [4.78, 5) is 17.9. The van der Waals surface area contributed by atoms with Crippen LogP contribution in [0.2, 0.25) is 0 Å². The van der Waals surface area contributed by atoms with E-state index in [0.29, 0.717) is 24.2 Å². The molecule has 2 aromatic carbocycles. The van der Waals surface area contributed by atoms with E-state index >= 15 is 0 Å². The molecule has 1 fully saturated rings. The molecule has 0 saturated carbocycles. The molecule has 1 aromatic heterocycles. The Kier molecular flexibility index (Phi) is 10.1. The first kappa shape index (κ1) is 31.7. The number of hydrogen-bond donors (Lipinski definition) is 6. The zero-order valence-corrected chi connectivity index (χ0v) is 25.8. The van der Waals surface area contributed by atoms with Crippen molar-refractivity contribution in [2.24, 2.45) is 11.8 Å². The van der Waals surface area contributed by atoms with Crippen LogP contribution < -0.4 is 21.9 Å². The minimum atomic E-state index is -0.979. The van der Waals surface area contributed by atoms with Crippen molar-refractivity contribution in [3.63, 3.8) is 0 Å². The molecule has 0 amide bonds. The van der Waals surface area contributed by atoms with Crippen LogP contribution in [0, 0.1) is 11.8 Å². The van der Waals surface area contributed by atoms with Gasteiger partial charge in [-0.3, -0.25) is 9.78 Å². The molecule has 235 valence electrons. The molecule has 4 aliphatic rings. The van der Waals surface area contributed by atoms with E-state index in [1.165, 1.54) is 48.1 Å². The van der Waals surface area contributed by atoms with Crippen LogP contribution in [0.4, 0.5) is 17.5 Å². The lowest BCUT2D eigenvalue weighted by molar-refractivity contribution is -0.166. The summed E-state index contributed by atoms with van der Waals surface area (Å²) in [6, 6.07) is 13.0. The maximum absolute atomic E-state index is 11.6. The van der Waals surface area contributed by atoms with Crippen molar-refractivity contribution in [1.82, 2.24) is 15.0 Å². The molecule has 2 aliphatic heterocycles. The van der Waals surface area contributed by atoms with Gasteiger partial charge < -0.3 is 26.6 Å². The van der Waals surface area contributed by atoms with Crippen LogP contribution in [-0.4, -0.2) is 63.1 Å². The second-order valence-corrected chi connectivity index (χ2v) is 12.4. The van der Waals surface area contributed by atoms with Crippen LogP contribution in [0.15, 0.2) is 58.9 Å². The molecule has 0 spiro atoms. The number of aliphatic hydroxyl groups excluding tert-OH is 2. The van der Waals surface area contributed by atoms with Crippen LogP contribution in [0.1, 0.15) is 57.6 Å². The number of piperidine rings is 1. The summed E-state index contributed by atoms with van der Waals surface area (Å²) in [6.07, 6.45) is 8.68. The van der Waals surface area contributed by atoms with Gasteiger partial charge in [-0.15, -0.1) is 5.21 Å². The summed E-state index contributed by atoms with van der Waals surface area (Å²) in [5.41, 5.74) is 11.4. The summed E-state index contributed by atoms with van der Waals surface area (Å²) in [7, 11) is 0. The average Bonchev–Trinajstić information content (AvgIpc) is 3.01. The number of rotatable bonds is 2. The molecule has 7 N–H and O–H groups in total. The number of nitrogen functional groups attached to an aromatic ring is 1. The average molecular weight is 602 g/mol. The standard InChI is InChI=1S/C20H20.C9H15N5O3.C5H10NO/c1-13-6-5-9-18-17-11-10-15-7-3-4-8-16(15)19(17)12-14(2)20(13)18;1-3(15)6(16)4-2-11-7-5(12-4)8(17)14-9(10)13-7;7-6-4-2-1-3-5-6/h3-5,7-11,13-14H,6,12H2,1-2H3;3-4,6,12,15-16H,2H2,1H3,(H4,10,11,13,14,17);1-5H2. The predicted molar refractivity (Wildman–Crippen MR) is 176 cm³/mol. The van der Waals surface area contributed by atoms with Crippen LogP contribution in [0.3, 0.4) is 0 Å². The molecule has 3 heterocycles. The van der Waals surface area contributed by atoms with Crippen molar-refractivity contribution in [3.05, 3.63) is 75.6 Å². The quantitative estimate of drug-likeness (QED) is 0.250. The lowest BCUT2D eigenvalue weighted by atomic mass is 9.71. The molecule has 5 unspecified atom stereocenters. The summed E-state index contributed by atoms with van der Waals surface area (Å²) in [5, 5.41) is 39.1. The van der Waals surface area contributed by atoms with Gasteiger partial charge in [-0.25, -0.2) is 0 Å². The Hall–Kier alpha value is -3.70. The topological polar surface area (TPSA) is 159 Å². The Morgan fingerprint density at radius 3 is 2.50 bits per heavy atom. The van der Waals surface area contributed by atoms with E-state index in [0.717, 1.165) is 31.0 Å². The molecule has 1 radical (unpaired) electrons. The minimum absolute atomic E-state index is 0.0255. The second kappa shape index (κ2) is 13.9. The SMILES string of the molecule is CC(O)C(O)C1CNc2nc(N)[nH]c(=O)c2N1.CC1CC=CC2=C1C(C)Cc1c2ccc2ccccc12.[O]N1CCCCC1. The lowest BCUT2D eigenvalue weighted by Crippen LogP contribution is -2.48. The van der Waals surface area contributed by atoms with Gasteiger partial charge in [-0.05, 0) is 71.9 Å². The summed E-state index contributed by atoms with van der Waals surface area (Å²) in [6.45, 7) is 8.12. The molecule has 10 heteroatoms. The monoisotopic (exact) mass is 601 g/mol. The van der Waals surface area contributed by atoms with Crippen molar-refractivity contribution >= 4 is 33.8 Å². The number of nitrogens with two attached hydrogens (primary N) is 1. The van der Waals surface area contributed by atoms with E-state index in [1.54, 1.807) is 11.1 Å². The van der Waals surface area contributed by atoms with Crippen molar-refractivity contribution < 1.29 is 15.4 Å². The number of aromatic amines is 1. The Balaban J connectivity index is 0.000000145. The number of allylic oxidation sites excluding steroid dienone is 4. The van der Waals surface area contributed by atoms with Gasteiger partial charge in [0.1, 0.15) is 11.8 Å². The van der Waals surface area contributed by atoms with Crippen LogP contribution in [0.5, 0.6) is 0 Å². The third kappa shape index (κ3) is 6.99. The number of benzene rings is 2. The molecular formula is C34H45N6O4. The highest BCUT2D eigenvalue weighted by Gasteiger charge is 2.30. The smallest absolute Gasteiger partial charge is 0.277 e. The van der Waals surface area contributed by atoms with E-state index in [-0.39, 0.29) is 11.6 Å². The summed E-state index contributed by atoms with van der Waals surface area (Å²) in [5.74, 6) is 1.74. The van der Waals surface area contributed by atoms with Gasteiger partial charge in [-0.2, -0.15) is 10.0 Å². The number of aromatic nitrogens is 2. The minimum Gasteiger partial charge on any atom is -0.391 e. The van der Waals surface area contributed by atoms with E-state index in [1.807, 2.05) is 0 Å². The van der Waals surface area contributed by atoms with E-state index in [4.69, 9.17) is 5.73 Å². The molecule has 2 aliphatic carbocycles. The zero-order chi connectivity index (χ0) is 31.4. The van der Waals surface area contributed by atoms with Crippen LogP contribution in [0.25, 0.3) is 16.3 Å². The largest absolute Gasteiger partial charge is 0.391 e. The first-order valence-electron chi connectivity index (χ1n) is 15.7. The van der Waals surface area contributed by atoms with E-state index < -0.39 is 23.8 Å². The first-order chi connectivity index (χ1) is 21.1. The van der Waals surface area contributed by atoms with Crippen LogP contribution in [-0.2, 0) is 11.6 Å². The van der Waals surface area contributed by atoms with Gasteiger partial charge in [0.15, 0.2) is 5.82 Å². The van der Waals surface area contributed by atoms with Gasteiger partial charge in [0.05, 0.1) is 12.1 Å². The number of fused-ring (bicyclic) bond motifs is 5. The predicted octanol–water partition coefficient (Wildman–Crippen LogP) is 4.50. The van der Waals surface area contributed by atoms with Crippen molar-refractivity contribution in [1.29, 1.82) is 0 Å². The fourth-order valence-corrected chi connectivity index (χ4v) is 6.70. The molecule has 3 aromatic rings. The Labute approximate surface area is 258 Å². The second-order valence-electron chi connectivity index (χ2n) is 12.4. The van der Waals surface area contributed by atoms with Crippen molar-refractivity contribution in [3.8, 4) is 0 Å². The highest BCUT2D eigenvalue weighted by Crippen LogP contribution is 2.44. The number of nitrogens with zero attached hydrogens (tertiary/aromatic N) is 2. The molecule has 7 rings (SSSR count). The number of nitrogens with one attached hydrogen (secondary N) is 3. The third-order valence-corrected chi connectivity index (χ3v) is 8.97. The van der Waals surface area contributed by atoms with E-state index in [9.17, 15) is 20.2 Å². The highest BCUT2D eigenvalue weighted by molar-refractivity contribution is 5.94. The fourth-order valence-electron chi connectivity index (χ4n) is 6.70. The van der Waals surface area contributed by atoms with Gasteiger partial charge >= 0.3 is 0 Å². The Bertz CT molecular complexity index is 1580. The molecule has 1 saturated heterocycles. The lowest BCUT2D eigenvalue weighted by Gasteiger charge is -2.33. The van der Waals surface area contributed by atoms with E-state index in [2.05, 4.69) is 83.0 Å². The number of aliphatic hydroxyl groups is 2. The molecular weight excluding hydrogens is 556 g/mol. The van der Waals surface area contributed by atoms with Crippen molar-refractivity contribution in [2.45, 2.75) is 71.1 Å². The molecule has 0 bridgehead atoms. The van der Waals surface area contributed by atoms with Gasteiger partial charge in [-0.1, -0.05) is 74.4 Å². The molecule has 5 atom stereocenters. The Morgan fingerprint density at radius 1 is 1.05 bits per heavy atom. The highest BCUT2D eigenvalue weighted by atomic mass is 16.5. The van der Waals surface area contributed by atoms with Gasteiger partial charge in [0.25, 0.3) is 5.56 Å². The third-order valence-electron chi connectivity index (χ3n) is 8.97. The zero-order valence-electron chi connectivity index (χ0n) is 25.8. The fraction of sp³-hybridized carbons (Fsp3) is 0.471. The number of hydroxylamine groups is 2. The molecule has 44 heavy (non-hydrogen) atoms. The summed E-state index contributed by atoms with van der Waals surface area (Å²) >= 11 is 0. The summed E-state index contributed by atoms with van der Waals surface area (Å²) < 4.78 is 0. The van der Waals surface area contributed by atoms with Crippen molar-refractivity contribution in [2.75, 3.05) is 36.0 Å². The Morgan fingerprint density at radius 2 is 1.80 bits per heavy atom. The number of anilines is 3. The maximum Gasteiger partial charge on any atom is 0.277 e. The maximum atomic E-state index is 11.6. The first-order valence-corrected chi connectivity index (χ1v) is 15.7. The number of hydrogen-bond acceptors (Lipinski definition) is 8. The molecule has 10 nitrogen and oxygen atoms in total. The number of H-pyrrole nitrogens is 1.